The second-order valence-corrected chi connectivity index (χ2v) is 10.5. The first-order valence-corrected chi connectivity index (χ1v) is 13.4. The van der Waals surface area contributed by atoms with Gasteiger partial charge in [-0.2, -0.15) is 0 Å². The lowest BCUT2D eigenvalue weighted by atomic mass is 10.0. The molecular formula is C27H34F4N4O3S. The summed E-state index contributed by atoms with van der Waals surface area (Å²) in [4.78, 5) is 23.7. The van der Waals surface area contributed by atoms with Gasteiger partial charge in [0.1, 0.15) is 17.4 Å². The zero-order valence-corrected chi connectivity index (χ0v) is 22.7. The number of halogens is 4. The Morgan fingerprint density at radius 1 is 1.15 bits per heavy atom. The number of rotatable bonds is 11. The van der Waals surface area contributed by atoms with Crippen LogP contribution >= 0.6 is 11.8 Å². The SMILES string of the molecule is C=C(O)C(Nc1ccc(CNC=O)cc1F)C(C)C.NC(CC(=O)N1CCSC1)Cc1cc(F)c(F)cc1F. The number of benzene rings is 2. The van der Waals surface area contributed by atoms with Gasteiger partial charge in [-0.25, -0.2) is 17.6 Å². The minimum absolute atomic E-state index is 0.00421. The molecule has 1 aliphatic rings. The van der Waals surface area contributed by atoms with Crippen molar-refractivity contribution in [1.29, 1.82) is 0 Å². The highest BCUT2D eigenvalue weighted by atomic mass is 32.2. The molecule has 12 heteroatoms. The molecule has 0 spiro atoms. The van der Waals surface area contributed by atoms with Crippen molar-refractivity contribution < 1.29 is 32.3 Å². The molecule has 0 bridgehead atoms. The van der Waals surface area contributed by atoms with Crippen molar-refractivity contribution in [2.45, 2.75) is 45.3 Å². The second kappa shape index (κ2) is 15.4. The Bertz CT molecular complexity index is 1150. The number of hydrogen-bond acceptors (Lipinski definition) is 6. The standard InChI is InChI=1S/C14H19FN2O2.C13H15F3N2OS/c1-9(2)14(10(3)19)17-13-5-4-11(6-12(13)15)7-16-8-18;14-10-6-12(16)11(15)4-8(10)3-9(17)5-13(19)18-1-2-20-7-18/h4-6,8-9,14,17,19H,3,7H2,1-2H3,(H,16,18);4,6,9H,1-3,5,7,17H2. The number of hydrogen-bond donors (Lipinski definition) is 4. The number of thioether (sulfide) groups is 1. The number of nitrogens with two attached hydrogens (primary N) is 1. The van der Waals surface area contributed by atoms with Gasteiger partial charge in [-0.05, 0) is 41.7 Å². The van der Waals surface area contributed by atoms with Crippen LogP contribution in [0.2, 0.25) is 0 Å². The van der Waals surface area contributed by atoms with E-state index in [1.165, 1.54) is 6.07 Å². The lowest BCUT2D eigenvalue weighted by molar-refractivity contribution is -0.130. The van der Waals surface area contributed by atoms with Crippen LogP contribution in [-0.2, 0) is 22.6 Å². The average molecular weight is 571 g/mol. The highest BCUT2D eigenvalue weighted by Crippen LogP contribution is 2.21. The van der Waals surface area contributed by atoms with Gasteiger partial charge in [0.2, 0.25) is 12.3 Å². The van der Waals surface area contributed by atoms with Crippen LogP contribution in [0.25, 0.3) is 0 Å². The van der Waals surface area contributed by atoms with Crippen LogP contribution in [0.4, 0.5) is 23.2 Å². The fourth-order valence-electron chi connectivity index (χ4n) is 3.79. The zero-order valence-electron chi connectivity index (χ0n) is 21.9. The molecule has 7 nitrogen and oxygen atoms in total. The number of aliphatic hydroxyl groups excluding tert-OH is 1. The van der Waals surface area contributed by atoms with Gasteiger partial charge in [0, 0.05) is 37.4 Å². The number of amides is 2. The lowest BCUT2D eigenvalue weighted by Crippen LogP contribution is -2.35. The summed E-state index contributed by atoms with van der Waals surface area (Å²) in [5.41, 5.74) is 6.74. The quantitative estimate of drug-likeness (QED) is 0.137. The maximum absolute atomic E-state index is 13.9. The molecule has 5 N–H and O–H groups in total. The predicted octanol–water partition coefficient (Wildman–Crippen LogP) is 4.48. The van der Waals surface area contributed by atoms with Crippen molar-refractivity contribution >= 4 is 29.8 Å². The van der Waals surface area contributed by atoms with Gasteiger partial charge in [-0.3, -0.25) is 9.59 Å². The van der Waals surface area contributed by atoms with Crippen molar-refractivity contribution in [2.75, 3.05) is 23.5 Å². The van der Waals surface area contributed by atoms with E-state index in [9.17, 15) is 32.3 Å². The van der Waals surface area contributed by atoms with E-state index in [-0.39, 0.29) is 42.5 Å². The average Bonchev–Trinajstić information content (AvgIpc) is 3.41. The Morgan fingerprint density at radius 2 is 1.85 bits per heavy atom. The van der Waals surface area contributed by atoms with Crippen molar-refractivity contribution in [3.8, 4) is 0 Å². The third kappa shape index (κ3) is 10.1. The third-order valence-electron chi connectivity index (χ3n) is 5.87. The van der Waals surface area contributed by atoms with Crippen LogP contribution in [0, 0.1) is 29.2 Å². The van der Waals surface area contributed by atoms with Gasteiger partial charge < -0.3 is 26.4 Å². The van der Waals surface area contributed by atoms with Crippen LogP contribution in [0.15, 0.2) is 42.7 Å². The number of carbonyl (C=O) groups excluding carboxylic acids is 2. The highest BCUT2D eigenvalue weighted by molar-refractivity contribution is 7.99. The molecule has 2 amide bonds. The summed E-state index contributed by atoms with van der Waals surface area (Å²) in [5.74, 6) is -2.12. The molecular weight excluding hydrogens is 536 g/mol. The largest absolute Gasteiger partial charge is 0.511 e. The van der Waals surface area contributed by atoms with E-state index in [1.807, 2.05) is 13.8 Å². The highest BCUT2D eigenvalue weighted by Gasteiger charge is 2.22. The molecule has 1 fully saturated rings. The van der Waals surface area contributed by atoms with Crippen LogP contribution < -0.4 is 16.4 Å². The van der Waals surface area contributed by atoms with Crippen LogP contribution in [-0.4, -0.2) is 52.6 Å². The van der Waals surface area contributed by atoms with Gasteiger partial charge >= 0.3 is 0 Å². The van der Waals surface area contributed by atoms with Gasteiger partial charge in [0.25, 0.3) is 0 Å². The number of aliphatic hydroxyl groups is 1. The molecule has 1 aliphatic heterocycles. The number of nitrogens with zero attached hydrogens (tertiary/aromatic N) is 1. The molecule has 0 saturated carbocycles. The van der Waals surface area contributed by atoms with Crippen LogP contribution in [0.5, 0.6) is 0 Å². The Hall–Kier alpha value is -3.25. The summed E-state index contributed by atoms with van der Waals surface area (Å²) in [6.07, 6.45) is 0.628. The van der Waals surface area contributed by atoms with E-state index >= 15 is 0 Å². The topological polar surface area (TPSA) is 108 Å². The monoisotopic (exact) mass is 570 g/mol. The smallest absolute Gasteiger partial charge is 0.224 e. The molecule has 0 aliphatic carbocycles. The normalized spacial score (nSPS) is 14.3. The fraction of sp³-hybridized carbons (Fsp3) is 0.407. The second-order valence-electron chi connectivity index (χ2n) is 9.39. The Morgan fingerprint density at radius 3 is 2.41 bits per heavy atom. The Balaban J connectivity index is 0.000000274. The molecule has 0 aromatic heterocycles. The summed E-state index contributed by atoms with van der Waals surface area (Å²) in [6, 6.07) is 4.89. The zero-order chi connectivity index (χ0) is 29.1. The minimum Gasteiger partial charge on any atom is -0.511 e. The van der Waals surface area contributed by atoms with Crippen molar-refractivity contribution in [3.05, 3.63) is 77.1 Å². The molecule has 2 aromatic carbocycles. The van der Waals surface area contributed by atoms with Crippen molar-refractivity contribution in [1.82, 2.24) is 10.2 Å². The number of anilines is 1. The molecule has 1 saturated heterocycles. The fourth-order valence-corrected chi connectivity index (χ4v) is 4.76. The molecule has 2 atom stereocenters. The third-order valence-corrected chi connectivity index (χ3v) is 6.84. The summed E-state index contributed by atoms with van der Waals surface area (Å²) in [6.45, 7) is 8.26. The molecule has 3 rings (SSSR count). The van der Waals surface area contributed by atoms with E-state index in [0.717, 1.165) is 11.8 Å². The summed E-state index contributed by atoms with van der Waals surface area (Å²) >= 11 is 1.66. The molecule has 2 aromatic rings. The predicted molar refractivity (Wildman–Crippen MR) is 145 cm³/mol. The molecule has 0 radical (unpaired) electrons. The molecule has 1 heterocycles. The summed E-state index contributed by atoms with van der Waals surface area (Å²) in [5, 5.41) is 14.9. The van der Waals surface area contributed by atoms with Crippen molar-refractivity contribution in [2.24, 2.45) is 11.7 Å². The summed E-state index contributed by atoms with van der Waals surface area (Å²) in [7, 11) is 0. The number of carbonyl (C=O) groups is 2. The lowest BCUT2D eigenvalue weighted by Gasteiger charge is -2.22. The van der Waals surface area contributed by atoms with Gasteiger partial charge in [0.05, 0.1) is 17.6 Å². The maximum atomic E-state index is 13.9. The van der Waals surface area contributed by atoms with Gasteiger partial charge in [0.15, 0.2) is 11.6 Å². The van der Waals surface area contributed by atoms with E-state index in [2.05, 4.69) is 17.2 Å². The summed E-state index contributed by atoms with van der Waals surface area (Å²) < 4.78 is 53.2. The van der Waals surface area contributed by atoms with E-state index in [4.69, 9.17) is 5.73 Å². The van der Waals surface area contributed by atoms with Gasteiger partial charge in [-0.15, -0.1) is 11.8 Å². The first-order chi connectivity index (χ1) is 18.4. The van der Waals surface area contributed by atoms with Crippen molar-refractivity contribution in [3.63, 3.8) is 0 Å². The van der Waals surface area contributed by atoms with E-state index < -0.39 is 35.4 Å². The maximum Gasteiger partial charge on any atom is 0.224 e. The molecule has 39 heavy (non-hydrogen) atoms. The van der Waals surface area contributed by atoms with Crippen LogP contribution in [0.3, 0.4) is 0 Å². The number of nitrogens with one attached hydrogen (secondary N) is 2. The van der Waals surface area contributed by atoms with E-state index in [1.54, 1.807) is 28.8 Å². The Kier molecular flexibility index (Phi) is 12.6. The van der Waals surface area contributed by atoms with Crippen LogP contribution in [0.1, 0.15) is 31.4 Å². The first-order valence-electron chi connectivity index (χ1n) is 12.3. The van der Waals surface area contributed by atoms with Gasteiger partial charge in [-0.1, -0.05) is 26.5 Å². The molecule has 2 unspecified atom stereocenters. The minimum atomic E-state index is -1.23. The first kappa shape index (κ1) is 32.0. The Labute approximate surface area is 229 Å². The van der Waals surface area contributed by atoms with E-state index in [0.29, 0.717) is 36.1 Å². The molecule has 214 valence electrons.